The third-order valence-corrected chi connectivity index (χ3v) is 6.24. The van der Waals surface area contributed by atoms with Crippen molar-refractivity contribution in [3.8, 4) is 0 Å². The van der Waals surface area contributed by atoms with Crippen molar-refractivity contribution in [2.75, 3.05) is 13.1 Å². The van der Waals surface area contributed by atoms with Crippen molar-refractivity contribution in [3.05, 3.63) is 0 Å². The van der Waals surface area contributed by atoms with E-state index in [9.17, 15) is 14.7 Å². The molecular formula is C18H30N2O3. The van der Waals surface area contributed by atoms with Crippen LogP contribution in [0, 0.1) is 5.92 Å². The molecule has 0 radical (unpaired) electrons. The van der Waals surface area contributed by atoms with Crippen molar-refractivity contribution in [1.82, 2.24) is 9.80 Å². The number of hydrogen-bond donors (Lipinski definition) is 1. The van der Waals surface area contributed by atoms with Crippen LogP contribution >= 0.6 is 0 Å². The summed E-state index contributed by atoms with van der Waals surface area (Å²) in [6.45, 7) is 3.29. The van der Waals surface area contributed by atoms with Gasteiger partial charge in [-0.2, -0.15) is 0 Å². The fourth-order valence-corrected chi connectivity index (χ4v) is 5.02. The van der Waals surface area contributed by atoms with Gasteiger partial charge in [-0.25, -0.2) is 0 Å². The van der Waals surface area contributed by atoms with Gasteiger partial charge < -0.3 is 10.0 Å². The molecule has 1 N–H and O–H groups in total. The van der Waals surface area contributed by atoms with Gasteiger partial charge in [0.25, 0.3) is 0 Å². The first-order chi connectivity index (χ1) is 11.1. The molecule has 130 valence electrons. The molecule has 1 saturated carbocycles. The fourth-order valence-electron chi connectivity index (χ4n) is 5.02. The molecule has 2 saturated heterocycles. The minimum absolute atomic E-state index is 0.147. The zero-order valence-electron chi connectivity index (χ0n) is 14.2. The fraction of sp³-hybridized carbons (Fsp3) is 0.889. The third-order valence-electron chi connectivity index (χ3n) is 6.24. The standard InChI is InChI=1S/C18H30N2O3/c1-2-14-8-5-6-10-19(14)17(21)12-20-15-9-4-3-7-13(15)11-16(20)18(22)23/h13-16H,2-12H2,1H3,(H,22,23)/t13-,14-,15-,16+/m1/s1. The summed E-state index contributed by atoms with van der Waals surface area (Å²) in [6, 6.07) is 0.194. The van der Waals surface area contributed by atoms with Gasteiger partial charge in [0.15, 0.2) is 0 Å². The Kier molecular flexibility index (Phi) is 5.24. The van der Waals surface area contributed by atoms with E-state index in [1.807, 2.05) is 9.80 Å². The maximum atomic E-state index is 12.9. The monoisotopic (exact) mass is 322 g/mol. The van der Waals surface area contributed by atoms with E-state index in [1.54, 1.807) is 0 Å². The zero-order chi connectivity index (χ0) is 16.4. The second kappa shape index (κ2) is 7.20. The van der Waals surface area contributed by atoms with Gasteiger partial charge in [0.05, 0.1) is 6.54 Å². The lowest BCUT2D eigenvalue weighted by atomic mass is 9.85. The molecule has 23 heavy (non-hydrogen) atoms. The van der Waals surface area contributed by atoms with Crippen LogP contribution in [0.2, 0.25) is 0 Å². The second-order valence-corrected chi connectivity index (χ2v) is 7.52. The SMILES string of the molecule is CC[C@@H]1CCCCN1C(=O)CN1[C@@H]2CCCC[C@@H]2C[C@H]1C(=O)O. The van der Waals surface area contributed by atoms with Gasteiger partial charge in [-0.15, -0.1) is 0 Å². The second-order valence-electron chi connectivity index (χ2n) is 7.52. The van der Waals surface area contributed by atoms with Crippen LogP contribution < -0.4 is 0 Å². The van der Waals surface area contributed by atoms with Gasteiger partial charge in [-0.3, -0.25) is 14.5 Å². The molecule has 0 spiro atoms. The average molecular weight is 322 g/mol. The number of piperidine rings is 1. The number of carbonyl (C=O) groups excluding carboxylic acids is 1. The van der Waals surface area contributed by atoms with Crippen molar-refractivity contribution in [3.63, 3.8) is 0 Å². The van der Waals surface area contributed by atoms with Gasteiger partial charge in [-0.1, -0.05) is 19.8 Å². The predicted octanol–water partition coefficient (Wildman–Crippen LogP) is 2.50. The molecule has 3 fully saturated rings. The maximum absolute atomic E-state index is 12.9. The number of likely N-dealkylation sites (tertiary alicyclic amines) is 2. The van der Waals surface area contributed by atoms with E-state index in [0.29, 0.717) is 24.5 Å². The van der Waals surface area contributed by atoms with E-state index in [2.05, 4.69) is 6.92 Å². The Morgan fingerprint density at radius 1 is 1.09 bits per heavy atom. The molecular weight excluding hydrogens is 292 g/mol. The number of hydrogen-bond acceptors (Lipinski definition) is 3. The number of nitrogens with zero attached hydrogens (tertiary/aromatic N) is 2. The number of carboxylic acid groups (broad SMARTS) is 1. The number of rotatable bonds is 4. The number of aliphatic carboxylic acids is 1. The minimum Gasteiger partial charge on any atom is -0.480 e. The van der Waals surface area contributed by atoms with E-state index in [-0.39, 0.29) is 5.91 Å². The Morgan fingerprint density at radius 3 is 2.57 bits per heavy atom. The molecule has 2 aliphatic heterocycles. The summed E-state index contributed by atoms with van der Waals surface area (Å²) in [5.41, 5.74) is 0. The number of carboxylic acids is 1. The topological polar surface area (TPSA) is 60.9 Å². The van der Waals surface area contributed by atoms with Crippen molar-refractivity contribution in [2.45, 2.75) is 82.8 Å². The summed E-state index contributed by atoms with van der Waals surface area (Å²) < 4.78 is 0. The summed E-state index contributed by atoms with van der Waals surface area (Å²) in [5, 5.41) is 9.59. The van der Waals surface area contributed by atoms with Crippen LogP contribution in [0.3, 0.4) is 0 Å². The molecule has 0 aromatic carbocycles. The Labute approximate surface area is 139 Å². The molecule has 3 rings (SSSR count). The lowest BCUT2D eigenvalue weighted by Gasteiger charge is -2.38. The molecule has 4 atom stereocenters. The lowest BCUT2D eigenvalue weighted by Crippen LogP contribution is -2.51. The molecule has 0 bridgehead atoms. The van der Waals surface area contributed by atoms with E-state index in [0.717, 1.165) is 45.1 Å². The number of amides is 1. The van der Waals surface area contributed by atoms with Gasteiger partial charge >= 0.3 is 5.97 Å². The Balaban J connectivity index is 1.70. The van der Waals surface area contributed by atoms with Crippen LogP contribution in [-0.4, -0.2) is 58.0 Å². The third kappa shape index (κ3) is 3.39. The first kappa shape index (κ1) is 16.7. The van der Waals surface area contributed by atoms with E-state index < -0.39 is 12.0 Å². The summed E-state index contributed by atoms with van der Waals surface area (Å²) >= 11 is 0. The highest BCUT2D eigenvalue weighted by atomic mass is 16.4. The minimum atomic E-state index is -0.752. The maximum Gasteiger partial charge on any atom is 0.320 e. The Hall–Kier alpha value is -1.10. The van der Waals surface area contributed by atoms with Crippen molar-refractivity contribution in [1.29, 1.82) is 0 Å². The van der Waals surface area contributed by atoms with Crippen LogP contribution in [0.4, 0.5) is 0 Å². The van der Waals surface area contributed by atoms with Crippen molar-refractivity contribution < 1.29 is 14.7 Å². The number of fused-ring (bicyclic) bond motifs is 1. The molecule has 1 amide bonds. The normalized spacial score (nSPS) is 35.1. The molecule has 1 aliphatic carbocycles. The molecule has 5 heteroatoms. The molecule has 5 nitrogen and oxygen atoms in total. The van der Waals surface area contributed by atoms with Crippen molar-refractivity contribution >= 4 is 11.9 Å². The molecule has 0 aromatic rings. The van der Waals surface area contributed by atoms with Crippen LogP contribution in [0.25, 0.3) is 0 Å². The highest BCUT2D eigenvalue weighted by Crippen LogP contribution is 2.39. The molecule has 0 unspecified atom stereocenters. The highest BCUT2D eigenvalue weighted by molar-refractivity contribution is 5.81. The smallest absolute Gasteiger partial charge is 0.320 e. The van der Waals surface area contributed by atoms with E-state index >= 15 is 0 Å². The number of carbonyl (C=O) groups is 2. The summed E-state index contributed by atoms with van der Waals surface area (Å²) in [5.74, 6) is -0.132. The van der Waals surface area contributed by atoms with Gasteiger partial charge in [0, 0.05) is 18.6 Å². The van der Waals surface area contributed by atoms with E-state index in [1.165, 1.54) is 19.3 Å². The van der Waals surface area contributed by atoms with Crippen LogP contribution in [0.15, 0.2) is 0 Å². The Morgan fingerprint density at radius 2 is 1.83 bits per heavy atom. The highest BCUT2D eigenvalue weighted by Gasteiger charge is 2.46. The van der Waals surface area contributed by atoms with Crippen LogP contribution in [-0.2, 0) is 9.59 Å². The average Bonchev–Trinajstić information content (AvgIpc) is 2.94. The summed E-state index contributed by atoms with van der Waals surface area (Å²) in [6.07, 6.45) is 9.66. The first-order valence-corrected chi connectivity index (χ1v) is 9.39. The zero-order valence-corrected chi connectivity index (χ0v) is 14.2. The van der Waals surface area contributed by atoms with Crippen molar-refractivity contribution in [2.24, 2.45) is 5.92 Å². The van der Waals surface area contributed by atoms with Gasteiger partial charge in [-0.05, 0) is 50.9 Å². The first-order valence-electron chi connectivity index (χ1n) is 9.39. The molecule has 0 aromatic heterocycles. The molecule has 2 heterocycles. The van der Waals surface area contributed by atoms with Gasteiger partial charge in [0.2, 0.25) is 5.91 Å². The van der Waals surface area contributed by atoms with E-state index in [4.69, 9.17) is 0 Å². The summed E-state index contributed by atoms with van der Waals surface area (Å²) in [7, 11) is 0. The Bertz CT molecular complexity index is 454. The predicted molar refractivity (Wildman–Crippen MR) is 88.1 cm³/mol. The quantitative estimate of drug-likeness (QED) is 0.864. The van der Waals surface area contributed by atoms with Gasteiger partial charge in [0.1, 0.15) is 6.04 Å². The van der Waals surface area contributed by atoms with Crippen LogP contribution in [0.1, 0.15) is 64.7 Å². The molecule has 3 aliphatic rings. The lowest BCUT2D eigenvalue weighted by molar-refractivity contribution is -0.145. The summed E-state index contributed by atoms with van der Waals surface area (Å²) in [4.78, 5) is 28.6. The largest absolute Gasteiger partial charge is 0.480 e. The van der Waals surface area contributed by atoms with Crippen LogP contribution in [0.5, 0.6) is 0 Å².